The highest BCUT2D eigenvalue weighted by Crippen LogP contribution is 2.30. The Balaban J connectivity index is 2.76. The van der Waals surface area contributed by atoms with Gasteiger partial charge in [-0.05, 0) is 36.5 Å². The quantitative estimate of drug-likeness (QED) is 0.489. The molecule has 0 saturated carbocycles. The van der Waals surface area contributed by atoms with E-state index in [2.05, 4.69) is 15.9 Å². The molecule has 0 amide bonds. The van der Waals surface area contributed by atoms with Gasteiger partial charge in [0.2, 0.25) is 0 Å². The van der Waals surface area contributed by atoms with E-state index in [4.69, 9.17) is 9.47 Å². The number of halogens is 1. The predicted molar refractivity (Wildman–Crippen MR) is 92.8 cm³/mol. The van der Waals surface area contributed by atoms with Crippen molar-refractivity contribution >= 4 is 27.9 Å². The zero-order valence-electron chi connectivity index (χ0n) is 14.2. The Bertz CT molecular complexity index is 518. The third-order valence-electron chi connectivity index (χ3n) is 3.82. The molecule has 0 saturated heterocycles. The first-order chi connectivity index (χ1) is 10.9. The van der Waals surface area contributed by atoms with Crippen molar-refractivity contribution in [2.24, 2.45) is 11.3 Å². The molecular weight excluding hydrogens is 360 g/mol. The van der Waals surface area contributed by atoms with Crippen molar-refractivity contribution in [1.82, 2.24) is 0 Å². The van der Waals surface area contributed by atoms with Crippen molar-refractivity contribution in [3.05, 3.63) is 34.3 Å². The van der Waals surface area contributed by atoms with Gasteiger partial charge in [-0.15, -0.1) is 0 Å². The molecule has 5 heteroatoms. The molecule has 0 aliphatic carbocycles. The van der Waals surface area contributed by atoms with Gasteiger partial charge in [-0.1, -0.05) is 55.8 Å². The van der Waals surface area contributed by atoms with Crippen LogP contribution in [0.3, 0.4) is 0 Å². The number of carbonyl (C=O) groups is 2. The van der Waals surface area contributed by atoms with Crippen LogP contribution >= 0.6 is 15.9 Å². The molecule has 0 aliphatic rings. The van der Waals surface area contributed by atoms with Gasteiger partial charge in [0.1, 0.15) is 6.61 Å². The van der Waals surface area contributed by atoms with Gasteiger partial charge in [0.25, 0.3) is 0 Å². The average Bonchev–Trinajstić information content (AvgIpc) is 2.54. The largest absolute Gasteiger partial charge is 0.465 e. The highest BCUT2D eigenvalue weighted by molar-refractivity contribution is 9.10. The molecule has 0 heterocycles. The van der Waals surface area contributed by atoms with Gasteiger partial charge in [-0.2, -0.15) is 0 Å². The summed E-state index contributed by atoms with van der Waals surface area (Å²) in [6, 6.07) is 7.50. The van der Waals surface area contributed by atoms with Crippen LogP contribution in [0.25, 0.3) is 0 Å². The van der Waals surface area contributed by atoms with Crippen molar-refractivity contribution in [2.45, 2.75) is 47.1 Å². The minimum Gasteiger partial charge on any atom is -0.465 e. The number of hydrogen-bond donors (Lipinski definition) is 0. The first kappa shape index (κ1) is 19.7. The molecule has 0 aromatic heterocycles. The Labute approximate surface area is 146 Å². The van der Waals surface area contributed by atoms with Crippen molar-refractivity contribution in [1.29, 1.82) is 0 Å². The fraction of sp³-hybridized carbons (Fsp3) is 0.556. The summed E-state index contributed by atoms with van der Waals surface area (Å²) in [5, 5.41) is 0. The van der Waals surface area contributed by atoms with E-state index in [-0.39, 0.29) is 12.5 Å². The molecule has 128 valence electrons. The summed E-state index contributed by atoms with van der Waals surface area (Å²) < 4.78 is 11.6. The Kier molecular flexibility index (Phi) is 7.76. The number of esters is 2. The number of ether oxygens (including phenoxy) is 2. The zero-order chi connectivity index (χ0) is 17.5. The lowest BCUT2D eigenvalue weighted by Gasteiger charge is -2.27. The Morgan fingerprint density at radius 1 is 1.04 bits per heavy atom. The molecular formula is C18H25BrO4. The molecule has 0 fully saturated rings. The predicted octanol–water partition coefficient (Wildman–Crippen LogP) is 4.50. The lowest BCUT2D eigenvalue weighted by Crippen LogP contribution is -2.41. The molecule has 0 N–H and O–H groups in total. The summed E-state index contributed by atoms with van der Waals surface area (Å²) in [4.78, 5) is 24.9. The Morgan fingerprint density at radius 2 is 1.57 bits per heavy atom. The van der Waals surface area contributed by atoms with E-state index in [0.717, 1.165) is 10.0 Å². The molecule has 1 aromatic rings. The monoisotopic (exact) mass is 384 g/mol. The van der Waals surface area contributed by atoms with Gasteiger partial charge in [0.05, 0.1) is 6.61 Å². The van der Waals surface area contributed by atoms with Gasteiger partial charge in [0, 0.05) is 4.47 Å². The molecule has 0 aliphatic heterocycles. The maximum absolute atomic E-state index is 12.5. The second-order valence-electron chi connectivity index (χ2n) is 5.98. The fourth-order valence-electron chi connectivity index (χ4n) is 2.16. The van der Waals surface area contributed by atoms with Gasteiger partial charge in [0.15, 0.2) is 5.41 Å². The highest BCUT2D eigenvalue weighted by Gasteiger charge is 2.46. The van der Waals surface area contributed by atoms with E-state index in [9.17, 15) is 9.59 Å². The maximum atomic E-state index is 12.5. The minimum absolute atomic E-state index is 0.144. The molecule has 0 bridgehead atoms. The highest BCUT2D eigenvalue weighted by atomic mass is 79.9. The Morgan fingerprint density at radius 3 is 2.04 bits per heavy atom. The number of rotatable bonds is 8. The molecule has 1 rings (SSSR count). The maximum Gasteiger partial charge on any atom is 0.323 e. The fourth-order valence-corrected chi connectivity index (χ4v) is 2.42. The van der Waals surface area contributed by atoms with Crippen LogP contribution in [0.15, 0.2) is 28.7 Å². The molecule has 1 aromatic carbocycles. The van der Waals surface area contributed by atoms with Gasteiger partial charge < -0.3 is 9.47 Å². The van der Waals surface area contributed by atoms with E-state index in [1.54, 1.807) is 13.8 Å². The van der Waals surface area contributed by atoms with E-state index in [0.29, 0.717) is 19.4 Å². The van der Waals surface area contributed by atoms with Crippen LogP contribution in [0.5, 0.6) is 0 Å². The second-order valence-corrected chi connectivity index (χ2v) is 6.90. The van der Waals surface area contributed by atoms with E-state index in [1.165, 1.54) is 0 Å². The number of benzene rings is 1. The molecule has 0 atom stereocenters. The van der Waals surface area contributed by atoms with Crippen LogP contribution in [-0.2, 0) is 25.7 Å². The molecule has 23 heavy (non-hydrogen) atoms. The topological polar surface area (TPSA) is 52.6 Å². The summed E-state index contributed by atoms with van der Waals surface area (Å²) >= 11 is 3.36. The van der Waals surface area contributed by atoms with Crippen LogP contribution in [-0.4, -0.2) is 18.5 Å². The summed E-state index contributed by atoms with van der Waals surface area (Å²) in [5.41, 5.74) is -0.345. The molecule has 4 nitrogen and oxygen atoms in total. The van der Waals surface area contributed by atoms with Gasteiger partial charge >= 0.3 is 11.9 Å². The van der Waals surface area contributed by atoms with Gasteiger partial charge in [-0.25, -0.2) is 0 Å². The van der Waals surface area contributed by atoms with Crippen LogP contribution < -0.4 is 0 Å². The summed E-state index contributed by atoms with van der Waals surface area (Å²) in [6.45, 7) is 7.98. The molecule has 0 spiro atoms. The van der Waals surface area contributed by atoms with Crippen LogP contribution in [0, 0.1) is 11.3 Å². The minimum atomic E-state index is -1.22. The molecule has 0 unspecified atom stereocenters. The average molecular weight is 385 g/mol. The smallest absolute Gasteiger partial charge is 0.323 e. The van der Waals surface area contributed by atoms with Gasteiger partial charge in [-0.3, -0.25) is 9.59 Å². The van der Waals surface area contributed by atoms with Crippen molar-refractivity contribution in [2.75, 3.05) is 6.61 Å². The summed E-state index contributed by atoms with van der Waals surface area (Å²) in [5.74, 6) is -0.777. The SMILES string of the molecule is CCC(CC)(C(=O)OCc1ccc(Br)cc1)C(=O)OCC(C)C. The van der Waals surface area contributed by atoms with Crippen molar-refractivity contribution < 1.29 is 19.1 Å². The lowest BCUT2D eigenvalue weighted by atomic mass is 9.82. The third-order valence-corrected chi connectivity index (χ3v) is 4.35. The Hall–Kier alpha value is -1.36. The first-order valence-electron chi connectivity index (χ1n) is 7.94. The third kappa shape index (κ3) is 5.34. The van der Waals surface area contributed by atoms with Crippen molar-refractivity contribution in [3.8, 4) is 0 Å². The van der Waals surface area contributed by atoms with E-state index < -0.39 is 17.4 Å². The standard InChI is InChI=1S/C18H25BrO4/c1-5-18(6-2,16(20)22-11-13(3)4)17(21)23-12-14-7-9-15(19)10-8-14/h7-10,13H,5-6,11-12H2,1-4H3. The van der Waals surface area contributed by atoms with E-state index in [1.807, 2.05) is 38.1 Å². The number of hydrogen-bond acceptors (Lipinski definition) is 4. The normalized spacial score (nSPS) is 11.4. The van der Waals surface area contributed by atoms with Crippen molar-refractivity contribution in [3.63, 3.8) is 0 Å². The van der Waals surface area contributed by atoms with Crippen LogP contribution in [0.4, 0.5) is 0 Å². The van der Waals surface area contributed by atoms with Crippen LogP contribution in [0.2, 0.25) is 0 Å². The summed E-state index contributed by atoms with van der Waals surface area (Å²) in [7, 11) is 0. The zero-order valence-corrected chi connectivity index (χ0v) is 15.8. The molecule has 0 radical (unpaired) electrons. The summed E-state index contributed by atoms with van der Waals surface area (Å²) in [6.07, 6.45) is 0.721. The lowest BCUT2D eigenvalue weighted by molar-refractivity contribution is -0.174. The second kappa shape index (κ2) is 9.06. The number of carbonyl (C=O) groups excluding carboxylic acids is 2. The van der Waals surface area contributed by atoms with E-state index >= 15 is 0 Å². The van der Waals surface area contributed by atoms with Crippen LogP contribution in [0.1, 0.15) is 46.1 Å². The first-order valence-corrected chi connectivity index (χ1v) is 8.74.